The molecule has 0 bridgehead atoms. The third-order valence-electron chi connectivity index (χ3n) is 5.26. The second-order valence-electron chi connectivity index (χ2n) is 6.83. The summed E-state index contributed by atoms with van der Waals surface area (Å²) >= 11 is 0. The van der Waals surface area contributed by atoms with Gasteiger partial charge in [-0.15, -0.1) is 0 Å². The van der Waals surface area contributed by atoms with Gasteiger partial charge in [0.25, 0.3) is 0 Å². The Balaban J connectivity index is 1.62. The van der Waals surface area contributed by atoms with Crippen LogP contribution in [0.4, 0.5) is 0 Å². The molecule has 2 N–H and O–H groups in total. The first-order chi connectivity index (χ1) is 10.6. The summed E-state index contributed by atoms with van der Waals surface area (Å²) in [5.41, 5.74) is 6.32. The highest BCUT2D eigenvalue weighted by Gasteiger charge is 2.36. The molecule has 4 heteroatoms. The number of piperazine rings is 1. The number of benzene rings is 1. The molecule has 1 saturated heterocycles. The van der Waals surface area contributed by atoms with Gasteiger partial charge in [-0.25, -0.2) is 0 Å². The number of nitrogens with zero attached hydrogens (tertiary/aromatic N) is 2. The number of rotatable bonds is 3. The molecule has 1 amide bonds. The molecule has 1 aliphatic carbocycles. The van der Waals surface area contributed by atoms with E-state index in [2.05, 4.69) is 4.90 Å². The van der Waals surface area contributed by atoms with E-state index in [0.717, 1.165) is 37.8 Å². The van der Waals surface area contributed by atoms with Gasteiger partial charge >= 0.3 is 0 Å². The van der Waals surface area contributed by atoms with E-state index in [9.17, 15) is 4.79 Å². The summed E-state index contributed by atoms with van der Waals surface area (Å²) in [6, 6.07) is 10.4. The second kappa shape index (κ2) is 6.39. The van der Waals surface area contributed by atoms with Gasteiger partial charge in [-0.1, -0.05) is 43.2 Å². The lowest BCUT2D eigenvalue weighted by molar-refractivity contribution is -0.138. The van der Waals surface area contributed by atoms with Gasteiger partial charge in [-0.05, 0) is 25.3 Å². The summed E-state index contributed by atoms with van der Waals surface area (Å²) < 4.78 is 0. The molecule has 1 heterocycles. The number of amides is 1. The molecule has 1 aromatic carbocycles. The average Bonchev–Trinajstić information content (AvgIpc) is 3.09. The largest absolute Gasteiger partial charge is 0.338 e. The molecule has 1 unspecified atom stereocenters. The van der Waals surface area contributed by atoms with E-state index in [0.29, 0.717) is 0 Å². The Bertz CT molecular complexity index is 500. The maximum atomic E-state index is 12.8. The molecular formula is C18H27N3O. The van der Waals surface area contributed by atoms with Crippen molar-refractivity contribution in [3.8, 4) is 0 Å². The zero-order valence-electron chi connectivity index (χ0n) is 13.5. The van der Waals surface area contributed by atoms with Crippen LogP contribution >= 0.6 is 0 Å². The fraction of sp³-hybridized carbons (Fsp3) is 0.611. The molecule has 3 rings (SSSR count). The van der Waals surface area contributed by atoms with Gasteiger partial charge in [0.05, 0.1) is 0 Å². The van der Waals surface area contributed by atoms with Crippen LogP contribution in [-0.4, -0.2) is 47.9 Å². The molecule has 4 nitrogen and oxygen atoms in total. The van der Waals surface area contributed by atoms with Crippen LogP contribution in [0, 0.1) is 0 Å². The van der Waals surface area contributed by atoms with Crippen LogP contribution < -0.4 is 5.73 Å². The minimum Gasteiger partial charge on any atom is -0.338 e. The number of hydrogen-bond acceptors (Lipinski definition) is 3. The van der Waals surface area contributed by atoms with Gasteiger partial charge < -0.3 is 10.6 Å². The molecule has 1 atom stereocenters. The van der Waals surface area contributed by atoms with Gasteiger partial charge in [-0.2, -0.15) is 0 Å². The Morgan fingerprint density at radius 1 is 1.09 bits per heavy atom. The molecule has 1 aliphatic heterocycles. The van der Waals surface area contributed by atoms with Crippen LogP contribution in [0.3, 0.4) is 0 Å². The van der Waals surface area contributed by atoms with Crippen molar-refractivity contribution >= 4 is 5.91 Å². The highest BCUT2D eigenvalue weighted by Crippen LogP contribution is 2.26. The quantitative estimate of drug-likeness (QED) is 0.928. The molecule has 0 radical (unpaired) electrons. The van der Waals surface area contributed by atoms with E-state index < -0.39 is 5.54 Å². The minimum atomic E-state index is -0.934. The fourth-order valence-corrected chi connectivity index (χ4v) is 3.80. The van der Waals surface area contributed by atoms with Crippen molar-refractivity contribution in [2.24, 2.45) is 5.73 Å². The Labute approximate surface area is 133 Å². The molecule has 2 fully saturated rings. The highest BCUT2D eigenvalue weighted by atomic mass is 16.2. The van der Waals surface area contributed by atoms with E-state index in [1.165, 1.54) is 25.7 Å². The summed E-state index contributed by atoms with van der Waals surface area (Å²) in [6.07, 6.45) is 5.37. The van der Waals surface area contributed by atoms with Crippen molar-refractivity contribution in [2.75, 3.05) is 26.2 Å². The zero-order chi connectivity index (χ0) is 15.6. The lowest BCUT2D eigenvalue weighted by Crippen LogP contribution is -2.57. The third-order valence-corrected chi connectivity index (χ3v) is 5.26. The SMILES string of the molecule is CC(N)(C(=O)N1CCN(C2CCCC2)CC1)c1ccccc1. The molecule has 120 valence electrons. The molecule has 1 aromatic rings. The summed E-state index contributed by atoms with van der Waals surface area (Å²) in [7, 11) is 0. The average molecular weight is 301 g/mol. The van der Waals surface area contributed by atoms with E-state index in [1.807, 2.05) is 42.2 Å². The summed E-state index contributed by atoms with van der Waals surface area (Å²) in [4.78, 5) is 17.3. The van der Waals surface area contributed by atoms with Crippen molar-refractivity contribution in [2.45, 2.75) is 44.2 Å². The van der Waals surface area contributed by atoms with Crippen LogP contribution in [-0.2, 0) is 10.3 Å². The molecule has 0 spiro atoms. The second-order valence-corrected chi connectivity index (χ2v) is 6.83. The number of hydrogen-bond donors (Lipinski definition) is 1. The first-order valence-electron chi connectivity index (χ1n) is 8.47. The van der Waals surface area contributed by atoms with Gasteiger partial charge in [0.2, 0.25) is 5.91 Å². The normalized spacial score (nSPS) is 23.5. The predicted molar refractivity (Wildman–Crippen MR) is 88.4 cm³/mol. The molecule has 2 aliphatic rings. The topological polar surface area (TPSA) is 49.6 Å². The highest BCUT2D eigenvalue weighted by molar-refractivity contribution is 5.87. The molecule has 22 heavy (non-hydrogen) atoms. The number of nitrogens with two attached hydrogens (primary N) is 1. The van der Waals surface area contributed by atoms with Gasteiger partial charge in [-0.3, -0.25) is 9.69 Å². The molecule has 1 saturated carbocycles. The molecule has 0 aromatic heterocycles. The van der Waals surface area contributed by atoms with Crippen molar-refractivity contribution in [1.29, 1.82) is 0 Å². The number of carbonyl (C=O) groups excluding carboxylic acids is 1. The lowest BCUT2D eigenvalue weighted by Gasteiger charge is -2.40. The Kier molecular flexibility index (Phi) is 4.50. The maximum Gasteiger partial charge on any atom is 0.247 e. The van der Waals surface area contributed by atoms with Crippen molar-refractivity contribution in [3.63, 3.8) is 0 Å². The standard InChI is InChI=1S/C18H27N3O/c1-18(19,15-7-3-2-4-8-15)17(22)21-13-11-20(12-14-21)16-9-5-6-10-16/h2-4,7-8,16H,5-6,9-14,19H2,1H3. The third kappa shape index (κ3) is 3.03. The monoisotopic (exact) mass is 301 g/mol. The van der Waals surface area contributed by atoms with E-state index >= 15 is 0 Å². The summed E-state index contributed by atoms with van der Waals surface area (Å²) in [6.45, 7) is 5.40. The Morgan fingerprint density at radius 3 is 2.27 bits per heavy atom. The number of carbonyl (C=O) groups is 1. The molecular weight excluding hydrogens is 274 g/mol. The van der Waals surface area contributed by atoms with Crippen LogP contribution in [0.5, 0.6) is 0 Å². The van der Waals surface area contributed by atoms with Crippen LogP contribution in [0.25, 0.3) is 0 Å². The minimum absolute atomic E-state index is 0.0461. The van der Waals surface area contributed by atoms with E-state index in [-0.39, 0.29) is 5.91 Å². The first-order valence-corrected chi connectivity index (χ1v) is 8.47. The predicted octanol–water partition coefficient (Wildman–Crippen LogP) is 1.95. The van der Waals surface area contributed by atoms with E-state index in [4.69, 9.17) is 5.73 Å². The van der Waals surface area contributed by atoms with Gasteiger partial charge in [0.1, 0.15) is 5.54 Å². The maximum absolute atomic E-state index is 12.8. The summed E-state index contributed by atoms with van der Waals surface area (Å²) in [5, 5.41) is 0. The van der Waals surface area contributed by atoms with Crippen LogP contribution in [0.2, 0.25) is 0 Å². The van der Waals surface area contributed by atoms with Gasteiger partial charge in [0.15, 0.2) is 0 Å². The lowest BCUT2D eigenvalue weighted by atomic mass is 9.91. The zero-order valence-corrected chi connectivity index (χ0v) is 13.5. The van der Waals surface area contributed by atoms with Gasteiger partial charge in [0, 0.05) is 32.2 Å². The van der Waals surface area contributed by atoms with Crippen molar-refractivity contribution in [3.05, 3.63) is 35.9 Å². The van der Waals surface area contributed by atoms with Crippen molar-refractivity contribution in [1.82, 2.24) is 9.80 Å². The van der Waals surface area contributed by atoms with Crippen LogP contribution in [0.15, 0.2) is 30.3 Å². The van der Waals surface area contributed by atoms with Crippen LogP contribution in [0.1, 0.15) is 38.2 Å². The van der Waals surface area contributed by atoms with Crippen molar-refractivity contribution < 1.29 is 4.79 Å². The van der Waals surface area contributed by atoms with E-state index in [1.54, 1.807) is 0 Å². The fourth-order valence-electron chi connectivity index (χ4n) is 3.80. The first kappa shape index (κ1) is 15.5. The summed E-state index contributed by atoms with van der Waals surface area (Å²) in [5.74, 6) is 0.0461. The Hall–Kier alpha value is -1.39. The smallest absolute Gasteiger partial charge is 0.247 e. The Morgan fingerprint density at radius 2 is 1.68 bits per heavy atom.